The van der Waals surface area contributed by atoms with Gasteiger partial charge in [-0.05, 0) is 50.4 Å². The van der Waals surface area contributed by atoms with Crippen LogP contribution in [0.5, 0.6) is 0 Å². The summed E-state index contributed by atoms with van der Waals surface area (Å²) in [6.45, 7) is 6.25. The average Bonchev–Trinajstić information content (AvgIpc) is 3.08. The van der Waals surface area contributed by atoms with Crippen LogP contribution in [0.1, 0.15) is 51.8 Å². The molecule has 3 atom stereocenters. The standard InChI is InChI=1S/C17H28N4/c1-3-5-15-20-16(18-4-2)10-17(21-15)19-11-14-9-12-6-7-13(14)8-12/h10,12-14H,3-9,11H2,1-2H3,(H2,18,19,20,21). The quantitative estimate of drug-likeness (QED) is 0.803. The Morgan fingerprint density at radius 2 is 1.90 bits per heavy atom. The smallest absolute Gasteiger partial charge is 0.133 e. The van der Waals surface area contributed by atoms with E-state index in [1.807, 2.05) is 0 Å². The van der Waals surface area contributed by atoms with Gasteiger partial charge >= 0.3 is 0 Å². The second-order valence-electron chi connectivity index (χ2n) is 6.65. The molecular weight excluding hydrogens is 260 g/mol. The number of nitrogens with one attached hydrogen (secondary N) is 2. The number of aryl methyl sites for hydroxylation is 1. The van der Waals surface area contributed by atoms with E-state index in [1.165, 1.54) is 25.7 Å². The zero-order chi connectivity index (χ0) is 14.7. The van der Waals surface area contributed by atoms with Gasteiger partial charge in [0.05, 0.1) is 0 Å². The van der Waals surface area contributed by atoms with E-state index in [2.05, 4.69) is 40.5 Å². The van der Waals surface area contributed by atoms with Crippen LogP contribution in [0.2, 0.25) is 0 Å². The molecule has 0 spiro atoms. The maximum Gasteiger partial charge on any atom is 0.133 e. The molecule has 2 aliphatic carbocycles. The van der Waals surface area contributed by atoms with Crippen LogP contribution >= 0.6 is 0 Å². The van der Waals surface area contributed by atoms with Crippen molar-refractivity contribution in [3.63, 3.8) is 0 Å². The SMILES string of the molecule is CCCc1nc(NCC)cc(NCC2CC3CCC2C3)n1. The Morgan fingerprint density at radius 1 is 1.10 bits per heavy atom. The van der Waals surface area contributed by atoms with E-state index in [1.54, 1.807) is 0 Å². The normalized spacial score (nSPS) is 27.0. The number of aromatic nitrogens is 2. The summed E-state index contributed by atoms with van der Waals surface area (Å²) in [4.78, 5) is 9.23. The Bertz CT molecular complexity index is 450. The second kappa shape index (κ2) is 6.63. The highest BCUT2D eigenvalue weighted by Gasteiger charge is 2.39. The fraction of sp³-hybridized carbons (Fsp3) is 0.765. The molecule has 1 aromatic rings. The lowest BCUT2D eigenvalue weighted by Crippen LogP contribution is -2.21. The summed E-state index contributed by atoms with van der Waals surface area (Å²) in [5, 5.41) is 6.89. The van der Waals surface area contributed by atoms with E-state index in [9.17, 15) is 0 Å². The number of anilines is 2. The molecule has 2 saturated carbocycles. The van der Waals surface area contributed by atoms with Gasteiger partial charge in [-0.2, -0.15) is 0 Å². The van der Waals surface area contributed by atoms with Crippen LogP contribution in [-0.2, 0) is 6.42 Å². The highest BCUT2D eigenvalue weighted by molar-refractivity contribution is 5.47. The minimum atomic E-state index is 0.857. The minimum absolute atomic E-state index is 0.857. The van der Waals surface area contributed by atoms with E-state index in [-0.39, 0.29) is 0 Å². The van der Waals surface area contributed by atoms with Crippen LogP contribution in [0.15, 0.2) is 6.07 Å². The molecule has 3 unspecified atom stereocenters. The van der Waals surface area contributed by atoms with E-state index >= 15 is 0 Å². The van der Waals surface area contributed by atoms with Gasteiger partial charge in [-0.3, -0.25) is 0 Å². The molecule has 3 rings (SSSR count). The van der Waals surface area contributed by atoms with Crippen molar-refractivity contribution in [1.29, 1.82) is 0 Å². The number of nitrogens with zero attached hydrogens (tertiary/aromatic N) is 2. The first-order chi connectivity index (χ1) is 10.3. The zero-order valence-electron chi connectivity index (χ0n) is 13.4. The third-order valence-electron chi connectivity index (χ3n) is 5.03. The van der Waals surface area contributed by atoms with Gasteiger partial charge in [-0.15, -0.1) is 0 Å². The van der Waals surface area contributed by atoms with Crippen molar-refractivity contribution in [3.05, 3.63) is 11.9 Å². The van der Waals surface area contributed by atoms with Gasteiger partial charge < -0.3 is 10.6 Å². The molecule has 1 heterocycles. The molecule has 4 nitrogen and oxygen atoms in total. The minimum Gasteiger partial charge on any atom is -0.370 e. The molecule has 4 heteroatoms. The van der Waals surface area contributed by atoms with Gasteiger partial charge in [0.25, 0.3) is 0 Å². The number of hydrogen-bond acceptors (Lipinski definition) is 4. The Morgan fingerprint density at radius 3 is 2.52 bits per heavy atom. The lowest BCUT2D eigenvalue weighted by Gasteiger charge is -2.22. The van der Waals surface area contributed by atoms with Crippen molar-refractivity contribution >= 4 is 11.6 Å². The molecule has 116 valence electrons. The summed E-state index contributed by atoms with van der Waals surface area (Å²) in [5.74, 6) is 5.73. The van der Waals surface area contributed by atoms with Crippen LogP contribution in [0.4, 0.5) is 11.6 Å². The molecule has 0 radical (unpaired) electrons. The van der Waals surface area contributed by atoms with Crippen molar-refractivity contribution in [3.8, 4) is 0 Å². The molecule has 0 amide bonds. The van der Waals surface area contributed by atoms with Crippen LogP contribution in [-0.4, -0.2) is 23.1 Å². The molecule has 21 heavy (non-hydrogen) atoms. The number of hydrogen-bond donors (Lipinski definition) is 2. The van der Waals surface area contributed by atoms with Gasteiger partial charge in [0.1, 0.15) is 17.5 Å². The molecule has 2 bridgehead atoms. The molecule has 0 aromatic carbocycles. The average molecular weight is 288 g/mol. The summed E-state index contributed by atoms with van der Waals surface area (Å²) < 4.78 is 0. The lowest BCUT2D eigenvalue weighted by atomic mass is 9.89. The van der Waals surface area contributed by atoms with Crippen LogP contribution in [0, 0.1) is 17.8 Å². The number of fused-ring (bicyclic) bond motifs is 2. The first-order valence-corrected chi connectivity index (χ1v) is 8.64. The maximum absolute atomic E-state index is 4.67. The summed E-state index contributed by atoms with van der Waals surface area (Å²) in [6, 6.07) is 2.05. The summed E-state index contributed by atoms with van der Waals surface area (Å²) >= 11 is 0. The van der Waals surface area contributed by atoms with Crippen molar-refractivity contribution < 1.29 is 0 Å². The lowest BCUT2D eigenvalue weighted by molar-refractivity contribution is 0.348. The van der Waals surface area contributed by atoms with E-state index in [0.29, 0.717) is 0 Å². The molecule has 2 N–H and O–H groups in total. The Hall–Kier alpha value is -1.32. The molecule has 1 aromatic heterocycles. The maximum atomic E-state index is 4.67. The predicted octanol–water partition coefficient (Wildman–Crippen LogP) is 3.71. The third kappa shape index (κ3) is 3.47. The van der Waals surface area contributed by atoms with E-state index in [4.69, 9.17) is 0 Å². The van der Waals surface area contributed by atoms with Gasteiger partial charge in [0.15, 0.2) is 0 Å². The van der Waals surface area contributed by atoms with E-state index < -0.39 is 0 Å². The molecular formula is C17H28N4. The van der Waals surface area contributed by atoms with Gasteiger partial charge in [-0.25, -0.2) is 9.97 Å². The summed E-state index contributed by atoms with van der Waals surface area (Å²) in [5.41, 5.74) is 0. The monoisotopic (exact) mass is 288 g/mol. The number of rotatable bonds is 7. The van der Waals surface area contributed by atoms with Gasteiger partial charge in [0, 0.05) is 25.6 Å². The van der Waals surface area contributed by atoms with Crippen LogP contribution < -0.4 is 10.6 Å². The van der Waals surface area contributed by atoms with E-state index in [0.717, 1.165) is 61.1 Å². The van der Waals surface area contributed by atoms with Crippen LogP contribution in [0.3, 0.4) is 0 Å². The fourth-order valence-electron chi connectivity index (χ4n) is 4.06. The van der Waals surface area contributed by atoms with Gasteiger partial charge in [-0.1, -0.05) is 13.3 Å². The second-order valence-corrected chi connectivity index (χ2v) is 6.65. The zero-order valence-corrected chi connectivity index (χ0v) is 13.4. The third-order valence-corrected chi connectivity index (χ3v) is 5.03. The van der Waals surface area contributed by atoms with Crippen molar-refractivity contribution in [1.82, 2.24) is 9.97 Å². The Kier molecular flexibility index (Phi) is 4.61. The predicted molar refractivity (Wildman–Crippen MR) is 87.6 cm³/mol. The highest BCUT2D eigenvalue weighted by atomic mass is 15.1. The van der Waals surface area contributed by atoms with Crippen molar-refractivity contribution in [2.24, 2.45) is 17.8 Å². The highest BCUT2D eigenvalue weighted by Crippen LogP contribution is 2.48. The molecule has 2 fully saturated rings. The van der Waals surface area contributed by atoms with Gasteiger partial charge in [0.2, 0.25) is 0 Å². The molecule has 0 aliphatic heterocycles. The summed E-state index contributed by atoms with van der Waals surface area (Å²) in [7, 11) is 0. The first-order valence-electron chi connectivity index (χ1n) is 8.64. The van der Waals surface area contributed by atoms with Crippen molar-refractivity contribution in [2.75, 3.05) is 23.7 Å². The Balaban J connectivity index is 1.63. The first kappa shape index (κ1) is 14.6. The largest absolute Gasteiger partial charge is 0.370 e. The van der Waals surface area contributed by atoms with Crippen LogP contribution in [0.25, 0.3) is 0 Å². The molecule has 0 saturated heterocycles. The molecule has 2 aliphatic rings. The summed E-state index contributed by atoms with van der Waals surface area (Å²) in [6.07, 6.45) is 7.85. The Labute approximate surface area is 128 Å². The fourth-order valence-corrected chi connectivity index (χ4v) is 4.06. The topological polar surface area (TPSA) is 49.8 Å². The van der Waals surface area contributed by atoms with Crippen molar-refractivity contribution in [2.45, 2.75) is 52.4 Å².